The first-order valence-corrected chi connectivity index (χ1v) is 7.60. The molecule has 23 heavy (non-hydrogen) atoms. The van der Waals surface area contributed by atoms with E-state index in [-0.39, 0.29) is 0 Å². The summed E-state index contributed by atoms with van der Waals surface area (Å²) < 4.78 is 0. The van der Waals surface area contributed by atoms with E-state index < -0.39 is 0 Å². The SMILES string of the molecule is Cc1ccc(Nc2cc(N(C)c3ccccc3)nc(C)n2)cc1. The maximum Gasteiger partial charge on any atom is 0.138 e. The molecule has 3 rings (SSSR count). The van der Waals surface area contributed by atoms with Crippen molar-refractivity contribution in [3.63, 3.8) is 0 Å². The topological polar surface area (TPSA) is 41.0 Å². The van der Waals surface area contributed by atoms with Gasteiger partial charge in [0.15, 0.2) is 0 Å². The van der Waals surface area contributed by atoms with Gasteiger partial charge in [-0.05, 0) is 38.1 Å². The lowest BCUT2D eigenvalue weighted by molar-refractivity contribution is 1.02. The maximum absolute atomic E-state index is 4.54. The Labute approximate surface area is 136 Å². The van der Waals surface area contributed by atoms with Gasteiger partial charge in [0.25, 0.3) is 0 Å². The van der Waals surface area contributed by atoms with Crippen molar-refractivity contribution in [1.82, 2.24) is 9.97 Å². The zero-order valence-electron chi connectivity index (χ0n) is 13.6. The summed E-state index contributed by atoms with van der Waals surface area (Å²) in [4.78, 5) is 11.1. The lowest BCUT2D eigenvalue weighted by atomic mass is 10.2. The van der Waals surface area contributed by atoms with Crippen LogP contribution in [0.2, 0.25) is 0 Å². The molecule has 0 aliphatic carbocycles. The van der Waals surface area contributed by atoms with Gasteiger partial charge >= 0.3 is 0 Å². The van der Waals surface area contributed by atoms with Crippen molar-refractivity contribution >= 4 is 23.0 Å². The van der Waals surface area contributed by atoms with Crippen molar-refractivity contribution < 1.29 is 0 Å². The summed E-state index contributed by atoms with van der Waals surface area (Å²) in [6, 6.07) is 20.4. The van der Waals surface area contributed by atoms with Crippen LogP contribution in [0.4, 0.5) is 23.0 Å². The van der Waals surface area contributed by atoms with Crippen LogP contribution in [0.1, 0.15) is 11.4 Å². The van der Waals surface area contributed by atoms with Crippen LogP contribution < -0.4 is 10.2 Å². The molecule has 0 aliphatic rings. The summed E-state index contributed by atoms with van der Waals surface area (Å²) >= 11 is 0. The second-order valence-corrected chi connectivity index (χ2v) is 5.54. The van der Waals surface area contributed by atoms with Crippen LogP contribution >= 0.6 is 0 Å². The minimum atomic E-state index is 0.736. The molecular weight excluding hydrogens is 284 g/mol. The van der Waals surface area contributed by atoms with E-state index >= 15 is 0 Å². The van der Waals surface area contributed by atoms with Gasteiger partial charge in [-0.1, -0.05) is 35.9 Å². The Kier molecular flexibility index (Phi) is 4.24. The number of nitrogens with zero attached hydrogens (tertiary/aromatic N) is 3. The molecule has 0 aliphatic heterocycles. The van der Waals surface area contributed by atoms with Crippen LogP contribution in [0.5, 0.6) is 0 Å². The molecule has 0 spiro atoms. The average molecular weight is 304 g/mol. The number of rotatable bonds is 4. The zero-order valence-corrected chi connectivity index (χ0v) is 13.6. The fourth-order valence-electron chi connectivity index (χ4n) is 2.36. The first kappa shape index (κ1) is 15.0. The van der Waals surface area contributed by atoms with Gasteiger partial charge in [-0.25, -0.2) is 9.97 Å². The number of hydrogen-bond donors (Lipinski definition) is 1. The minimum absolute atomic E-state index is 0.736. The molecule has 4 nitrogen and oxygen atoms in total. The smallest absolute Gasteiger partial charge is 0.138 e. The monoisotopic (exact) mass is 304 g/mol. The van der Waals surface area contributed by atoms with Gasteiger partial charge in [-0.3, -0.25) is 0 Å². The quantitative estimate of drug-likeness (QED) is 0.764. The van der Waals surface area contributed by atoms with Crippen LogP contribution in [0.15, 0.2) is 60.7 Å². The second kappa shape index (κ2) is 6.48. The molecule has 1 aromatic heterocycles. The predicted molar refractivity (Wildman–Crippen MR) is 95.7 cm³/mol. The molecule has 0 bridgehead atoms. The van der Waals surface area contributed by atoms with E-state index in [9.17, 15) is 0 Å². The summed E-state index contributed by atoms with van der Waals surface area (Å²) in [6.45, 7) is 3.98. The molecule has 1 heterocycles. The van der Waals surface area contributed by atoms with E-state index in [4.69, 9.17) is 0 Å². The van der Waals surface area contributed by atoms with E-state index in [0.29, 0.717) is 0 Å². The Morgan fingerprint density at radius 1 is 0.870 bits per heavy atom. The largest absolute Gasteiger partial charge is 0.340 e. The van der Waals surface area contributed by atoms with Gasteiger partial charge in [0.2, 0.25) is 0 Å². The Morgan fingerprint density at radius 2 is 1.57 bits per heavy atom. The Bertz CT molecular complexity index is 782. The van der Waals surface area contributed by atoms with Crippen LogP contribution in [0.25, 0.3) is 0 Å². The summed E-state index contributed by atoms with van der Waals surface area (Å²) in [5, 5.41) is 3.34. The molecule has 0 radical (unpaired) electrons. The molecule has 1 N–H and O–H groups in total. The minimum Gasteiger partial charge on any atom is -0.340 e. The van der Waals surface area contributed by atoms with Crippen LogP contribution in [-0.4, -0.2) is 17.0 Å². The molecule has 4 heteroatoms. The highest BCUT2D eigenvalue weighted by molar-refractivity contribution is 5.64. The van der Waals surface area contributed by atoms with Crippen molar-refractivity contribution in [2.24, 2.45) is 0 Å². The normalized spacial score (nSPS) is 10.4. The standard InChI is InChI=1S/C19H20N4/c1-14-9-11-16(12-10-14)22-18-13-19(21-15(2)20-18)23(3)17-7-5-4-6-8-17/h4-13H,1-3H3,(H,20,21,22). The van der Waals surface area contributed by atoms with E-state index in [1.54, 1.807) is 0 Å². The first-order chi connectivity index (χ1) is 11.1. The van der Waals surface area contributed by atoms with Crippen LogP contribution in [0.3, 0.4) is 0 Å². The summed E-state index contributed by atoms with van der Waals surface area (Å²) in [5.74, 6) is 2.39. The fraction of sp³-hybridized carbons (Fsp3) is 0.158. The Balaban J connectivity index is 1.88. The van der Waals surface area contributed by atoms with Crippen molar-refractivity contribution in [2.45, 2.75) is 13.8 Å². The van der Waals surface area contributed by atoms with E-state index in [1.165, 1.54) is 5.56 Å². The van der Waals surface area contributed by atoms with E-state index in [2.05, 4.69) is 51.4 Å². The highest BCUT2D eigenvalue weighted by atomic mass is 15.2. The lowest BCUT2D eigenvalue weighted by Crippen LogP contribution is -2.12. The van der Waals surface area contributed by atoms with Crippen LogP contribution in [0, 0.1) is 13.8 Å². The predicted octanol–water partition coefficient (Wildman–Crippen LogP) is 4.60. The number of hydrogen-bond acceptors (Lipinski definition) is 4. The molecule has 0 atom stereocenters. The number of nitrogens with one attached hydrogen (secondary N) is 1. The summed E-state index contributed by atoms with van der Waals surface area (Å²) in [6.07, 6.45) is 0. The molecule has 0 amide bonds. The Morgan fingerprint density at radius 3 is 2.26 bits per heavy atom. The Hall–Kier alpha value is -2.88. The van der Waals surface area contributed by atoms with Crippen molar-refractivity contribution in [3.8, 4) is 0 Å². The molecule has 0 saturated heterocycles. The highest BCUT2D eigenvalue weighted by Gasteiger charge is 2.08. The average Bonchev–Trinajstić information content (AvgIpc) is 2.56. The first-order valence-electron chi connectivity index (χ1n) is 7.60. The van der Waals surface area contributed by atoms with Gasteiger partial charge in [0, 0.05) is 24.5 Å². The third-order valence-corrected chi connectivity index (χ3v) is 3.64. The van der Waals surface area contributed by atoms with Gasteiger partial charge in [-0.15, -0.1) is 0 Å². The number of anilines is 4. The number of benzene rings is 2. The van der Waals surface area contributed by atoms with Crippen molar-refractivity contribution in [3.05, 3.63) is 72.1 Å². The van der Waals surface area contributed by atoms with Gasteiger partial charge in [0.05, 0.1) is 0 Å². The highest BCUT2D eigenvalue weighted by Crippen LogP contribution is 2.24. The molecule has 2 aromatic carbocycles. The van der Waals surface area contributed by atoms with Gasteiger partial charge in [-0.2, -0.15) is 0 Å². The van der Waals surface area contributed by atoms with Crippen molar-refractivity contribution in [1.29, 1.82) is 0 Å². The lowest BCUT2D eigenvalue weighted by Gasteiger charge is -2.19. The summed E-state index contributed by atoms with van der Waals surface area (Å²) in [5.41, 5.74) is 3.34. The molecule has 116 valence electrons. The number of para-hydroxylation sites is 1. The third kappa shape index (κ3) is 3.66. The van der Waals surface area contributed by atoms with E-state index in [1.807, 2.05) is 50.4 Å². The zero-order chi connectivity index (χ0) is 16.2. The molecular formula is C19H20N4. The second-order valence-electron chi connectivity index (χ2n) is 5.54. The van der Waals surface area contributed by atoms with Crippen molar-refractivity contribution in [2.75, 3.05) is 17.3 Å². The summed E-state index contributed by atoms with van der Waals surface area (Å²) in [7, 11) is 2.01. The molecule has 3 aromatic rings. The van der Waals surface area contributed by atoms with Gasteiger partial charge in [0.1, 0.15) is 17.5 Å². The number of aryl methyl sites for hydroxylation is 2. The third-order valence-electron chi connectivity index (χ3n) is 3.64. The fourth-order valence-corrected chi connectivity index (χ4v) is 2.36. The van der Waals surface area contributed by atoms with Crippen LogP contribution in [-0.2, 0) is 0 Å². The van der Waals surface area contributed by atoms with Gasteiger partial charge < -0.3 is 10.2 Å². The molecule has 0 saturated carbocycles. The number of aromatic nitrogens is 2. The molecule has 0 fully saturated rings. The maximum atomic E-state index is 4.54. The van der Waals surface area contributed by atoms with E-state index in [0.717, 1.165) is 28.8 Å². The molecule has 0 unspecified atom stereocenters.